The van der Waals surface area contributed by atoms with E-state index in [4.69, 9.17) is 0 Å². The van der Waals surface area contributed by atoms with Crippen molar-refractivity contribution >= 4 is 109 Å². The number of rotatable bonds is 0. The number of pyridine rings is 7. The fourth-order valence-electron chi connectivity index (χ4n) is 11.4. The fraction of sp³-hybridized carbons (Fsp3) is 0.233. The van der Waals surface area contributed by atoms with Gasteiger partial charge < -0.3 is 4.57 Å². The quantitative estimate of drug-likeness (QED) is 0.141. The minimum atomic E-state index is 0.910. The van der Waals surface area contributed by atoms with Gasteiger partial charge in [0.1, 0.15) is 5.65 Å². The van der Waals surface area contributed by atoms with E-state index < -0.39 is 0 Å². The largest absolute Gasteiger partial charge is 0.333 e. The van der Waals surface area contributed by atoms with Crippen LogP contribution in [0.25, 0.3) is 86.5 Å². The third kappa shape index (κ3) is 19.8. The molecule has 15 heterocycles. The van der Waals surface area contributed by atoms with E-state index in [-0.39, 0.29) is 0 Å². The average Bonchev–Trinajstić information content (AvgIpc) is 1.43. The van der Waals surface area contributed by atoms with Crippen LogP contribution < -0.4 is 0 Å². The molecular formula is C86H92N16S2. The van der Waals surface area contributed by atoms with Crippen LogP contribution in [0.1, 0.15) is 99.8 Å². The summed E-state index contributed by atoms with van der Waals surface area (Å²) in [5.41, 5.74) is 29.7. The van der Waals surface area contributed by atoms with Gasteiger partial charge in [0, 0.05) is 131 Å². The van der Waals surface area contributed by atoms with Crippen molar-refractivity contribution in [2.45, 2.75) is 125 Å². The highest BCUT2D eigenvalue weighted by Crippen LogP contribution is 2.26. The Balaban J connectivity index is 0.000000126. The average molecular weight is 1410 g/mol. The van der Waals surface area contributed by atoms with E-state index in [0.717, 1.165) is 83.6 Å². The topological polar surface area (TPSA) is 173 Å². The molecule has 0 spiro atoms. The summed E-state index contributed by atoms with van der Waals surface area (Å²) in [6.45, 7) is 37.0. The summed E-state index contributed by atoms with van der Waals surface area (Å²) in [6.07, 6.45) is 22.8. The van der Waals surface area contributed by atoms with E-state index >= 15 is 0 Å². The van der Waals surface area contributed by atoms with Crippen LogP contribution >= 0.6 is 22.7 Å². The Kier molecular flexibility index (Phi) is 24.7. The number of nitrogens with zero attached hydrogens (tertiary/aromatic N) is 16. The number of aromatic nitrogens is 16. The zero-order valence-electron chi connectivity index (χ0n) is 63.4. The van der Waals surface area contributed by atoms with Gasteiger partial charge in [-0.1, -0.05) is 42.0 Å². The molecule has 0 aliphatic carbocycles. The molecule has 0 atom stereocenters. The van der Waals surface area contributed by atoms with E-state index in [1.807, 2.05) is 141 Å². The van der Waals surface area contributed by atoms with Gasteiger partial charge in [0.2, 0.25) is 0 Å². The van der Waals surface area contributed by atoms with Crippen LogP contribution in [-0.4, -0.2) is 78.4 Å². The maximum Gasteiger partial charge on any atom is 0.157 e. The second-order valence-corrected chi connectivity index (χ2v) is 29.1. The predicted molar refractivity (Wildman–Crippen MR) is 435 cm³/mol. The molecule has 0 amide bonds. The molecular weight excluding hydrogens is 1320 g/mol. The van der Waals surface area contributed by atoms with Crippen LogP contribution in [0.15, 0.2) is 195 Å². The second kappa shape index (κ2) is 34.1. The third-order valence-electron chi connectivity index (χ3n) is 16.8. The molecule has 0 N–H and O–H groups in total. The second-order valence-electron chi connectivity index (χ2n) is 26.9. The Labute approximate surface area is 617 Å². The first kappa shape index (κ1) is 75.3. The molecule has 0 aliphatic heterocycles. The van der Waals surface area contributed by atoms with Crippen molar-refractivity contribution in [3.63, 3.8) is 0 Å². The Morgan fingerprint density at radius 3 is 1.60 bits per heavy atom. The van der Waals surface area contributed by atoms with Gasteiger partial charge in [0.25, 0.3) is 0 Å². The van der Waals surface area contributed by atoms with Crippen molar-refractivity contribution < 1.29 is 0 Å². The zero-order chi connectivity index (χ0) is 74.5. The zero-order valence-corrected chi connectivity index (χ0v) is 65.1. The molecule has 528 valence electrons. The molecule has 0 saturated heterocycles. The molecule has 0 unspecified atom stereocenters. The highest BCUT2D eigenvalue weighted by atomic mass is 32.1. The molecule has 0 radical (unpaired) electrons. The van der Waals surface area contributed by atoms with Crippen LogP contribution in [0.5, 0.6) is 0 Å². The molecule has 15 aromatic heterocycles. The van der Waals surface area contributed by atoms with Crippen LogP contribution in [-0.2, 0) is 14.1 Å². The minimum Gasteiger partial charge on any atom is -0.333 e. The van der Waals surface area contributed by atoms with E-state index in [0.29, 0.717) is 0 Å². The van der Waals surface area contributed by atoms with Crippen LogP contribution in [0.4, 0.5) is 0 Å². The summed E-state index contributed by atoms with van der Waals surface area (Å²) in [4.78, 5) is 40.1. The van der Waals surface area contributed by atoms with Crippen molar-refractivity contribution in [3.05, 3.63) is 295 Å². The van der Waals surface area contributed by atoms with Crippen LogP contribution in [0.3, 0.4) is 0 Å². The molecule has 16 nitrogen and oxygen atoms in total. The Hall–Kier alpha value is -11.3. The number of para-hydroxylation sites is 1. The van der Waals surface area contributed by atoms with Crippen molar-refractivity contribution in [2.24, 2.45) is 14.1 Å². The molecule has 0 saturated carbocycles. The Bertz CT molecular complexity index is 5720. The first-order valence-electron chi connectivity index (χ1n) is 34.5. The number of hydrogen-bond donors (Lipinski definition) is 0. The molecule has 18 rings (SSSR count). The Morgan fingerprint density at radius 2 is 0.875 bits per heavy atom. The maximum absolute atomic E-state index is 4.38. The van der Waals surface area contributed by atoms with Gasteiger partial charge in [-0.25, -0.2) is 29.0 Å². The lowest BCUT2D eigenvalue weighted by atomic mass is 10.1. The van der Waals surface area contributed by atoms with E-state index in [1.54, 1.807) is 31.7 Å². The van der Waals surface area contributed by atoms with E-state index in [2.05, 4.69) is 262 Å². The van der Waals surface area contributed by atoms with Gasteiger partial charge in [0.05, 0.1) is 54.6 Å². The molecule has 18 heteroatoms. The highest BCUT2D eigenvalue weighted by Gasteiger charge is 2.07. The van der Waals surface area contributed by atoms with Crippen LogP contribution in [0, 0.1) is 125 Å². The summed E-state index contributed by atoms with van der Waals surface area (Å²) in [7, 11) is 3.96. The molecule has 0 bridgehead atoms. The SMILES string of the molecule is Cc1ccc2ncc(C)cc2c1.Cc1cnc2c(C)cccc2c1.Cc1cnc2c(C)cnn2c1.Cc1cnc2c(C)csc2c1.Cc1cnc2c(c1)c(C)nn2C.Cc1cnc2c(c1)cc(C)n2C.Cc1cnc2cc(C)ccc2c1.Cc1cnc2cc(C)nn2c1.Cc1cnc2cc(C)sc2c1. The minimum absolute atomic E-state index is 0.910. The van der Waals surface area contributed by atoms with Crippen molar-refractivity contribution in [1.29, 1.82) is 0 Å². The molecule has 0 aliphatic rings. The van der Waals surface area contributed by atoms with Gasteiger partial charge in [-0.3, -0.25) is 29.6 Å². The van der Waals surface area contributed by atoms with E-state index in [9.17, 15) is 0 Å². The molecule has 104 heavy (non-hydrogen) atoms. The monoisotopic (exact) mass is 1410 g/mol. The summed E-state index contributed by atoms with van der Waals surface area (Å²) >= 11 is 3.57. The number of hydrogen-bond acceptors (Lipinski definition) is 14. The standard InChI is InChI=1S/3C11H11N.C10H12N2.C9H11N3.2C9H9NS.2C8H9N3/c1-8-3-4-10-5-9(2)7-12-11(10)6-8;1-8-3-4-11-10(5-8)6-9(2)7-12-11;1-8-6-10-5-3-4-9(2)11(10)12-7-8;1-7-4-9-5-8(2)12(3)10(9)11-6-7;1-6-4-8-7(2)11-12(3)9(8)10-5-6;1-6-3-9-8(10-5-6)4-7(2)11-9;1-6-3-8-9(10-4-6)7(2)5-11-8;1-6-4-9-8-3-7(2)10-11(8)5-6;1-6-3-9-8-7(2)4-10-11(8)5-6/h3*3-7H,1-2H3;4-6H,1-3H3;4-5H,1-3H3;4*3-5H,1-2H3. The number of aryl methyl sites for hydroxylation is 20. The smallest absolute Gasteiger partial charge is 0.157 e. The van der Waals surface area contributed by atoms with E-state index in [1.165, 1.54) is 103 Å². The molecule has 0 fully saturated rings. The summed E-state index contributed by atoms with van der Waals surface area (Å²) in [5.74, 6) is 0. The normalized spacial score (nSPS) is 10.7. The van der Waals surface area contributed by atoms with Gasteiger partial charge in [-0.05, 0) is 270 Å². The first-order valence-corrected chi connectivity index (χ1v) is 36.2. The fourth-order valence-corrected chi connectivity index (χ4v) is 13.4. The van der Waals surface area contributed by atoms with Gasteiger partial charge >= 0.3 is 0 Å². The lowest BCUT2D eigenvalue weighted by Gasteiger charge is -2.00. The van der Waals surface area contributed by atoms with Crippen molar-refractivity contribution in [2.75, 3.05) is 0 Å². The van der Waals surface area contributed by atoms with Crippen molar-refractivity contribution in [3.8, 4) is 0 Å². The van der Waals surface area contributed by atoms with Gasteiger partial charge in [0.15, 0.2) is 16.9 Å². The predicted octanol–water partition coefficient (Wildman–Crippen LogP) is 20.8. The number of benzene rings is 3. The Morgan fingerprint density at radius 1 is 0.337 bits per heavy atom. The first-order chi connectivity index (χ1) is 49.7. The van der Waals surface area contributed by atoms with Gasteiger partial charge in [-0.2, -0.15) is 15.3 Å². The third-order valence-corrected chi connectivity index (χ3v) is 18.8. The summed E-state index contributed by atoms with van der Waals surface area (Å²) in [6, 6.07) is 40.3. The number of fused-ring (bicyclic) bond motifs is 9. The molecule has 3 aromatic carbocycles. The summed E-state index contributed by atoms with van der Waals surface area (Å²) < 4.78 is 10.1. The maximum atomic E-state index is 4.38. The number of thiophene rings is 2. The lowest BCUT2D eigenvalue weighted by Crippen LogP contribution is -1.91. The van der Waals surface area contributed by atoms with Crippen molar-refractivity contribution in [1.82, 2.24) is 78.4 Å². The highest BCUT2D eigenvalue weighted by molar-refractivity contribution is 7.19. The summed E-state index contributed by atoms with van der Waals surface area (Å²) in [5, 5.41) is 20.9. The molecule has 18 aromatic rings. The lowest BCUT2D eigenvalue weighted by molar-refractivity contribution is 0.773. The van der Waals surface area contributed by atoms with Gasteiger partial charge in [-0.15, -0.1) is 22.7 Å². The van der Waals surface area contributed by atoms with Crippen LogP contribution in [0.2, 0.25) is 0 Å².